The Labute approximate surface area is 128 Å². The van der Waals surface area contributed by atoms with Gasteiger partial charge in [0.1, 0.15) is 0 Å². The number of hydrogen-bond acceptors (Lipinski definition) is 3. The summed E-state index contributed by atoms with van der Waals surface area (Å²) >= 11 is 7.65. The first kappa shape index (κ1) is 13.9. The lowest BCUT2D eigenvalue weighted by Gasteiger charge is -2.36. The highest BCUT2D eigenvalue weighted by Crippen LogP contribution is 2.28. The highest BCUT2D eigenvalue weighted by molar-refractivity contribution is 7.16. The van der Waals surface area contributed by atoms with Crippen molar-refractivity contribution >= 4 is 38.7 Å². The molecule has 0 spiro atoms. The normalized spacial score (nSPS) is 23.2. The lowest BCUT2D eigenvalue weighted by molar-refractivity contribution is 0.356. The molecule has 0 bridgehead atoms. The molecular weight excluding hydrogens is 290 g/mol. The number of piperidine rings is 1. The Hall–Kier alpha value is -1.06. The number of hydrogen-bond donors (Lipinski definition) is 0. The van der Waals surface area contributed by atoms with E-state index in [1.807, 2.05) is 17.5 Å². The SMILES string of the molecule is C[C@@H]1C[C@@H](C)CN(c2csc3ccc(Cl)cc3c2=O)C1. The molecule has 1 aliphatic heterocycles. The summed E-state index contributed by atoms with van der Waals surface area (Å²) in [6.45, 7) is 6.46. The van der Waals surface area contributed by atoms with Gasteiger partial charge in [-0.25, -0.2) is 0 Å². The van der Waals surface area contributed by atoms with Crippen LogP contribution in [0.25, 0.3) is 10.1 Å². The van der Waals surface area contributed by atoms with E-state index in [2.05, 4.69) is 18.7 Å². The van der Waals surface area contributed by atoms with E-state index in [1.54, 1.807) is 17.4 Å². The Morgan fingerprint density at radius 3 is 2.65 bits per heavy atom. The molecule has 0 saturated carbocycles. The largest absolute Gasteiger partial charge is 0.367 e. The summed E-state index contributed by atoms with van der Waals surface area (Å²) in [5.74, 6) is 1.27. The molecular formula is C16H18ClNOS. The molecule has 1 saturated heterocycles. The van der Waals surface area contributed by atoms with E-state index in [0.29, 0.717) is 16.9 Å². The Balaban J connectivity index is 2.08. The van der Waals surface area contributed by atoms with Gasteiger partial charge in [-0.2, -0.15) is 0 Å². The molecule has 0 N–H and O–H groups in total. The van der Waals surface area contributed by atoms with Crippen LogP contribution < -0.4 is 10.3 Å². The summed E-state index contributed by atoms with van der Waals surface area (Å²) in [7, 11) is 0. The maximum Gasteiger partial charge on any atom is 0.211 e. The van der Waals surface area contributed by atoms with Crippen LogP contribution in [0.2, 0.25) is 5.02 Å². The molecule has 1 aliphatic rings. The molecule has 1 fully saturated rings. The zero-order chi connectivity index (χ0) is 14.3. The van der Waals surface area contributed by atoms with Crippen molar-refractivity contribution in [3.8, 4) is 0 Å². The first-order valence-corrected chi connectivity index (χ1v) is 8.26. The van der Waals surface area contributed by atoms with Gasteiger partial charge in [0.2, 0.25) is 5.43 Å². The first-order chi connectivity index (χ1) is 9.54. The maximum atomic E-state index is 12.7. The topological polar surface area (TPSA) is 20.3 Å². The number of fused-ring (bicyclic) bond motifs is 1. The molecule has 3 rings (SSSR count). The van der Waals surface area contributed by atoms with Crippen LogP contribution in [0.15, 0.2) is 28.4 Å². The van der Waals surface area contributed by atoms with Gasteiger partial charge >= 0.3 is 0 Å². The predicted molar refractivity (Wildman–Crippen MR) is 88.3 cm³/mol. The minimum Gasteiger partial charge on any atom is -0.367 e. The summed E-state index contributed by atoms with van der Waals surface area (Å²) < 4.78 is 1.00. The monoisotopic (exact) mass is 307 g/mol. The Bertz CT molecular complexity index is 686. The Kier molecular flexibility index (Phi) is 3.74. The van der Waals surface area contributed by atoms with Crippen molar-refractivity contribution in [2.45, 2.75) is 20.3 Å². The van der Waals surface area contributed by atoms with Crippen LogP contribution in [0, 0.1) is 11.8 Å². The van der Waals surface area contributed by atoms with Crippen molar-refractivity contribution in [1.82, 2.24) is 0 Å². The van der Waals surface area contributed by atoms with Gasteiger partial charge in [0.15, 0.2) is 0 Å². The van der Waals surface area contributed by atoms with Crippen molar-refractivity contribution in [2.75, 3.05) is 18.0 Å². The molecule has 20 heavy (non-hydrogen) atoms. The van der Waals surface area contributed by atoms with Crippen LogP contribution >= 0.6 is 22.9 Å². The molecule has 2 aromatic rings. The summed E-state index contributed by atoms with van der Waals surface area (Å²) in [6.07, 6.45) is 1.24. The number of nitrogens with zero attached hydrogens (tertiary/aromatic N) is 1. The highest BCUT2D eigenvalue weighted by atomic mass is 35.5. The van der Waals surface area contributed by atoms with Crippen LogP contribution in [0.3, 0.4) is 0 Å². The van der Waals surface area contributed by atoms with E-state index in [-0.39, 0.29) is 5.43 Å². The summed E-state index contributed by atoms with van der Waals surface area (Å²) in [5.41, 5.74) is 0.950. The minimum atomic E-state index is 0.113. The second kappa shape index (κ2) is 5.38. The molecule has 4 heteroatoms. The predicted octanol–water partition coefficient (Wildman–Crippen LogP) is 4.40. The fraction of sp³-hybridized carbons (Fsp3) is 0.438. The van der Waals surface area contributed by atoms with Gasteiger partial charge in [0.25, 0.3) is 0 Å². The number of anilines is 1. The maximum absolute atomic E-state index is 12.7. The van der Waals surface area contributed by atoms with Gasteiger partial charge in [0, 0.05) is 33.6 Å². The van der Waals surface area contributed by atoms with Crippen molar-refractivity contribution in [3.63, 3.8) is 0 Å². The van der Waals surface area contributed by atoms with Crippen molar-refractivity contribution in [3.05, 3.63) is 38.8 Å². The number of benzene rings is 1. The molecule has 0 amide bonds. The molecule has 1 aromatic carbocycles. The van der Waals surface area contributed by atoms with Crippen LogP contribution in [-0.2, 0) is 0 Å². The molecule has 0 unspecified atom stereocenters. The fourth-order valence-electron chi connectivity index (χ4n) is 3.17. The molecule has 0 radical (unpaired) electrons. The third-order valence-corrected chi connectivity index (χ3v) is 5.11. The van der Waals surface area contributed by atoms with Crippen molar-refractivity contribution in [2.24, 2.45) is 11.8 Å². The highest BCUT2D eigenvalue weighted by Gasteiger charge is 2.24. The van der Waals surface area contributed by atoms with Gasteiger partial charge < -0.3 is 4.90 Å². The average molecular weight is 308 g/mol. The van der Waals surface area contributed by atoms with Gasteiger partial charge in [-0.1, -0.05) is 25.4 Å². The van der Waals surface area contributed by atoms with Crippen LogP contribution in [-0.4, -0.2) is 13.1 Å². The van der Waals surface area contributed by atoms with E-state index in [4.69, 9.17) is 11.6 Å². The number of rotatable bonds is 1. The van der Waals surface area contributed by atoms with E-state index in [1.165, 1.54) is 6.42 Å². The van der Waals surface area contributed by atoms with Crippen LogP contribution in [0.4, 0.5) is 5.69 Å². The van der Waals surface area contributed by atoms with Crippen LogP contribution in [0.1, 0.15) is 20.3 Å². The van der Waals surface area contributed by atoms with E-state index in [9.17, 15) is 4.79 Å². The van der Waals surface area contributed by atoms with Gasteiger partial charge in [-0.3, -0.25) is 4.79 Å². The molecule has 2 nitrogen and oxygen atoms in total. The molecule has 0 aliphatic carbocycles. The molecule has 106 valence electrons. The standard InChI is InChI=1S/C16H18ClNOS/c1-10-5-11(2)8-18(7-10)14-9-20-15-4-3-12(17)6-13(15)16(14)19/h3-4,6,9-11H,5,7-8H2,1-2H3/t10-,11-/m1/s1. The summed E-state index contributed by atoms with van der Waals surface area (Å²) in [5, 5.41) is 3.37. The summed E-state index contributed by atoms with van der Waals surface area (Å²) in [4.78, 5) is 14.9. The quantitative estimate of drug-likeness (QED) is 0.778. The Morgan fingerprint density at radius 2 is 1.95 bits per heavy atom. The molecule has 1 aromatic heterocycles. The van der Waals surface area contributed by atoms with Gasteiger partial charge in [-0.05, 0) is 36.5 Å². The third-order valence-electron chi connectivity index (χ3n) is 3.93. The van der Waals surface area contributed by atoms with Crippen molar-refractivity contribution in [1.29, 1.82) is 0 Å². The molecule has 2 atom stereocenters. The van der Waals surface area contributed by atoms with Crippen molar-refractivity contribution < 1.29 is 0 Å². The van der Waals surface area contributed by atoms with Gasteiger partial charge in [-0.15, -0.1) is 11.3 Å². The van der Waals surface area contributed by atoms with E-state index >= 15 is 0 Å². The van der Waals surface area contributed by atoms with E-state index in [0.717, 1.165) is 28.9 Å². The smallest absolute Gasteiger partial charge is 0.211 e. The Morgan fingerprint density at radius 1 is 1.25 bits per heavy atom. The third kappa shape index (κ3) is 2.57. The summed E-state index contributed by atoms with van der Waals surface area (Å²) in [6, 6.07) is 5.55. The second-order valence-electron chi connectivity index (χ2n) is 5.94. The van der Waals surface area contributed by atoms with Crippen LogP contribution in [0.5, 0.6) is 0 Å². The fourth-order valence-corrected chi connectivity index (χ4v) is 4.26. The molecule has 2 heterocycles. The zero-order valence-corrected chi connectivity index (χ0v) is 13.3. The lowest BCUT2D eigenvalue weighted by atomic mass is 9.91. The first-order valence-electron chi connectivity index (χ1n) is 7.00. The minimum absolute atomic E-state index is 0.113. The zero-order valence-electron chi connectivity index (χ0n) is 11.7. The second-order valence-corrected chi connectivity index (χ2v) is 7.29. The average Bonchev–Trinajstić information content (AvgIpc) is 2.38. The van der Waals surface area contributed by atoms with Gasteiger partial charge in [0.05, 0.1) is 5.69 Å². The van der Waals surface area contributed by atoms with E-state index < -0.39 is 0 Å². The lowest BCUT2D eigenvalue weighted by Crippen LogP contribution is -2.40. The number of halogens is 1.